The first-order chi connectivity index (χ1) is 18.0. The summed E-state index contributed by atoms with van der Waals surface area (Å²) in [6, 6.07) is 9.32. The summed E-state index contributed by atoms with van der Waals surface area (Å²) < 4.78 is 0. The molecule has 3 aromatic rings. The highest BCUT2D eigenvalue weighted by molar-refractivity contribution is 5.93. The van der Waals surface area contributed by atoms with Gasteiger partial charge in [0.05, 0.1) is 0 Å². The second-order valence-electron chi connectivity index (χ2n) is 14.0. The summed E-state index contributed by atoms with van der Waals surface area (Å²) in [4.78, 5) is 0. The third kappa shape index (κ3) is 5.10. The lowest BCUT2D eigenvalue weighted by atomic mass is 9.66. The second kappa shape index (κ2) is 11.2. The SMILES string of the molecule is CCCc1c(CCC)c(CCC)c2c(c1CCC)Cc1c(c(C(C)(C)C)c3ccccc3c1C(C)(C)C)C2. The van der Waals surface area contributed by atoms with Gasteiger partial charge in [0.15, 0.2) is 0 Å². The van der Waals surface area contributed by atoms with Gasteiger partial charge in [-0.05, 0) is 116 Å². The molecule has 0 radical (unpaired) electrons. The largest absolute Gasteiger partial charge is 0.0651 e. The highest BCUT2D eigenvalue weighted by Gasteiger charge is 2.35. The van der Waals surface area contributed by atoms with E-state index in [1.54, 1.807) is 55.6 Å². The van der Waals surface area contributed by atoms with Crippen molar-refractivity contribution in [2.75, 3.05) is 0 Å². The van der Waals surface area contributed by atoms with Gasteiger partial charge < -0.3 is 0 Å². The van der Waals surface area contributed by atoms with Crippen molar-refractivity contribution < 1.29 is 0 Å². The van der Waals surface area contributed by atoms with Crippen molar-refractivity contribution in [2.24, 2.45) is 0 Å². The molecule has 1 aliphatic rings. The monoisotopic (exact) mass is 510 g/mol. The van der Waals surface area contributed by atoms with Gasteiger partial charge in [-0.3, -0.25) is 0 Å². The smallest absolute Gasteiger partial charge is 0.00139 e. The van der Waals surface area contributed by atoms with Crippen LogP contribution in [0.15, 0.2) is 24.3 Å². The van der Waals surface area contributed by atoms with Crippen molar-refractivity contribution in [1.29, 1.82) is 0 Å². The molecule has 0 spiro atoms. The number of hydrogen-bond donors (Lipinski definition) is 0. The van der Waals surface area contributed by atoms with Crippen LogP contribution in [0.25, 0.3) is 10.8 Å². The minimum Gasteiger partial charge on any atom is -0.0651 e. The van der Waals surface area contributed by atoms with Crippen molar-refractivity contribution in [1.82, 2.24) is 0 Å². The van der Waals surface area contributed by atoms with Gasteiger partial charge in [0, 0.05) is 0 Å². The quantitative estimate of drug-likeness (QED) is 0.221. The van der Waals surface area contributed by atoms with Crippen LogP contribution in [-0.4, -0.2) is 0 Å². The molecule has 1 aliphatic carbocycles. The fourth-order valence-corrected chi connectivity index (χ4v) is 7.73. The first-order valence-electron chi connectivity index (χ1n) is 15.7. The highest BCUT2D eigenvalue weighted by Crippen LogP contribution is 2.48. The van der Waals surface area contributed by atoms with Crippen molar-refractivity contribution >= 4 is 10.8 Å². The molecule has 0 heterocycles. The van der Waals surface area contributed by atoms with Crippen molar-refractivity contribution in [3.05, 3.63) is 79.9 Å². The Hall–Kier alpha value is -2.08. The number of benzene rings is 3. The molecule has 0 nitrogen and oxygen atoms in total. The van der Waals surface area contributed by atoms with Gasteiger partial charge in [-0.2, -0.15) is 0 Å². The Morgan fingerprint density at radius 2 is 0.789 bits per heavy atom. The zero-order valence-corrected chi connectivity index (χ0v) is 26.4. The van der Waals surface area contributed by atoms with Crippen LogP contribution in [-0.2, 0) is 49.4 Å². The van der Waals surface area contributed by atoms with Crippen LogP contribution in [0.2, 0.25) is 0 Å². The number of fused-ring (bicyclic) bond motifs is 3. The van der Waals surface area contributed by atoms with Crippen LogP contribution in [0.4, 0.5) is 0 Å². The predicted octanol–water partition coefficient (Wildman–Crippen LogP) is 10.7. The fourth-order valence-electron chi connectivity index (χ4n) is 7.73. The molecule has 0 fully saturated rings. The third-order valence-corrected chi connectivity index (χ3v) is 8.83. The van der Waals surface area contributed by atoms with E-state index in [2.05, 4.69) is 93.5 Å². The molecule has 0 N–H and O–H groups in total. The summed E-state index contributed by atoms with van der Waals surface area (Å²) in [5.74, 6) is 0. The lowest BCUT2D eigenvalue weighted by Gasteiger charge is -2.38. The zero-order valence-electron chi connectivity index (χ0n) is 26.4. The molecule has 0 bridgehead atoms. The van der Waals surface area contributed by atoms with Gasteiger partial charge in [-0.25, -0.2) is 0 Å². The highest BCUT2D eigenvalue weighted by atomic mass is 14.4. The molecule has 38 heavy (non-hydrogen) atoms. The molecule has 0 aliphatic heterocycles. The molecule has 4 rings (SSSR count). The molecule has 0 saturated carbocycles. The van der Waals surface area contributed by atoms with Gasteiger partial charge >= 0.3 is 0 Å². The summed E-state index contributed by atoms with van der Waals surface area (Å²) in [6.07, 6.45) is 12.1. The Labute approximate surface area is 234 Å². The maximum Gasteiger partial charge on any atom is -0.00139 e. The Morgan fingerprint density at radius 1 is 0.474 bits per heavy atom. The average Bonchev–Trinajstić information content (AvgIpc) is 2.84. The van der Waals surface area contributed by atoms with Gasteiger partial charge in [0.2, 0.25) is 0 Å². The lowest BCUT2D eigenvalue weighted by Crippen LogP contribution is -2.27. The molecule has 0 saturated heterocycles. The number of hydrogen-bond acceptors (Lipinski definition) is 0. The predicted molar refractivity (Wildman–Crippen MR) is 169 cm³/mol. The van der Waals surface area contributed by atoms with E-state index in [-0.39, 0.29) is 10.8 Å². The summed E-state index contributed by atoms with van der Waals surface area (Å²) in [5.41, 5.74) is 17.0. The zero-order chi connectivity index (χ0) is 27.8. The van der Waals surface area contributed by atoms with E-state index in [0.29, 0.717) is 0 Å². The van der Waals surface area contributed by atoms with Crippen LogP contribution >= 0.6 is 0 Å². The van der Waals surface area contributed by atoms with E-state index in [9.17, 15) is 0 Å². The van der Waals surface area contributed by atoms with Crippen LogP contribution in [0.5, 0.6) is 0 Å². The third-order valence-electron chi connectivity index (χ3n) is 8.83. The second-order valence-corrected chi connectivity index (χ2v) is 14.0. The van der Waals surface area contributed by atoms with E-state index < -0.39 is 0 Å². The maximum atomic E-state index is 2.43. The fraction of sp³-hybridized carbons (Fsp3) is 0.579. The molecule has 0 atom stereocenters. The van der Waals surface area contributed by atoms with E-state index >= 15 is 0 Å². The Kier molecular flexibility index (Phi) is 8.52. The van der Waals surface area contributed by atoms with Gasteiger partial charge in [-0.1, -0.05) is 119 Å². The van der Waals surface area contributed by atoms with Crippen LogP contribution in [0.3, 0.4) is 0 Å². The first kappa shape index (κ1) is 28.9. The lowest BCUT2D eigenvalue weighted by molar-refractivity contribution is 0.571. The van der Waals surface area contributed by atoms with Gasteiger partial charge in [-0.15, -0.1) is 0 Å². The van der Waals surface area contributed by atoms with E-state index in [1.165, 1.54) is 62.1 Å². The van der Waals surface area contributed by atoms with E-state index in [1.807, 2.05) is 0 Å². The van der Waals surface area contributed by atoms with Gasteiger partial charge in [0.25, 0.3) is 0 Å². The number of rotatable bonds is 8. The summed E-state index contributed by atoms with van der Waals surface area (Å²) in [6.45, 7) is 24.1. The minimum absolute atomic E-state index is 0.100. The summed E-state index contributed by atoms with van der Waals surface area (Å²) >= 11 is 0. The molecule has 206 valence electrons. The Bertz CT molecular complexity index is 1200. The van der Waals surface area contributed by atoms with Crippen LogP contribution in [0.1, 0.15) is 151 Å². The molecule has 0 amide bonds. The summed E-state index contributed by atoms with van der Waals surface area (Å²) in [7, 11) is 0. The molecule has 0 unspecified atom stereocenters. The normalized spacial score (nSPS) is 13.6. The molecule has 0 aromatic heterocycles. The van der Waals surface area contributed by atoms with E-state index in [4.69, 9.17) is 0 Å². The van der Waals surface area contributed by atoms with Gasteiger partial charge in [0.1, 0.15) is 0 Å². The van der Waals surface area contributed by atoms with Crippen LogP contribution < -0.4 is 0 Å². The van der Waals surface area contributed by atoms with Crippen LogP contribution in [0, 0.1) is 0 Å². The molecule has 3 aromatic carbocycles. The average molecular weight is 511 g/mol. The van der Waals surface area contributed by atoms with Crippen molar-refractivity contribution in [3.63, 3.8) is 0 Å². The van der Waals surface area contributed by atoms with Crippen molar-refractivity contribution in [3.8, 4) is 0 Å². The maximum absolute atomic E-state index is 2.43. The minimum atomic E-state index is 0.100. The molecular formula is C38H54. The molecule has 0 heteroatoms. The van der Waals surface area contributed by atoms with E-state index in [0.717, 1.165) is 12.8 Å². The molecular weight excluding hydrogens is 456 g/mol. The standard InChI is InChI=1S/C38H54/c1-11-17-25-26(18-12-2)28(20-14-4)32-24-34-33(23-31(32)27(25)19-13-3)35(37(5,6)7)29-21-15-16-22-30(29)36(34)38(8,9)10/h15-16,21-22H,11-14,17-20,23-24H2,1-10H3. The topological polar surface area (TPSA) is 0 Å². The van der Waals surface area contributed by atoms with Crippen molar-refractivity contribution in [2.45, 2.75) is 144 Å². The summed E-state index contributed by atoms with van der Waals surface area (Å²) in [5, 5.41) is 2.96. The first-order valence-corrected chi connectivity index (χ1v) is 15.7. The Balaban J connectivity index is 2.17. The Morgan fingerprint density at radius 3 is 1.08 bits per heavy atom.